The number of benzene rings is 2. The normalized spacial score (nSPS) is 15.3. The largest absolute Gasteiger partial charge is 0.371 e. The molecule has 0 aliphatic carbocycles. The predicted molar refractivity (Wildman–Crippen MR) is 101 cm³/mol. The Morgan fingerprint density at radius 3 is 2.25 bits per heavy atom. The minimum absolute atomic E-state index is 0.109. The van der Waals surface area contributed by atoms with Crippen LogP contribution in [0.5, 0.6) is 0 Å². The second kappa shape index (κ2) is 7.52. The number of nitrogens with one attached hydrogen (secondary N) is 1. The summed E-state index contributed by atoms with van der Waals surface area (Å²) in [6.07, 6.45) is 2.84. The van der Waals surface area contributed by atoms with Gasteiger partial charge in [-0.3, -0.25) is 4.79 Å². The van der Waals surface area contributed by atoms with Crippen LogP contribution in [0, 0.1) is 12.8 Å². The average Bonchev–Trinajstić information content (AvgIpc) is 2.63. The van der Waals surface area contributed by atoms with Gasteiger partial charge in [0.25, 0.3) is 0 Å². The Bertz CT molecular complexity index is 668. The monoisotopic (exact) mass is 322 g/mol. The molecule has 1 N–H and O–H groups in total. The smallest absolute Gasteiger partial charge is 0.227 e. The van der Waals surface area contributed by atoms with E-state index in [-0.39, 0.29) is 11.8 Å². The lowest BCUT2D eigenvalue weighted by Crippen LogP contribution is -2.38. The van der Waals surface area contributed by atoms with Crippen molar-refractivity contribution >= 4 is 17.3 Å². The van der Waals surface area contributed by atoms with E-state index >= 15 is 0 Å². The highest BCUT2D eigenvalue weighted by molar-refractivity contribution is 5.92. The topological polar surface area (TPSA) is 32.3 Å². The maximum absolute atomic E-state index is 12.5. The molecule has 0 bridgehead atoms. The SMILES string of the molecule is CCc1ccc(NC(=O)C2CCN(c3ccc(C)cc3)CC2)cc1. The van der Waals surface area contributed by atoms with Gasteiger partial charge < -0.3 is 10.2 Å². The summed E-state index contributed by atoms with van der Waals surface area (Å²) < 4.78 is 0. The van der Waals surface area contributed by atoms with Crippen LogP contribution in [-0.2, 0) is 11.2 Å². The van der Waals surface area contributed by atoms with Gasteiger partial charge >= 0.3 is 0 Å². The van der Waals surface area contributed by atoms with Crippen LogP contribution in [0.4, 0.5) is 11.4 Å². The number of rotatable bonds is 4. The summed E-state index contributed by atoms with van der Waals surface area (Å²) >= 11 is 0. The summed E-state index contributed by atoms with van der Waals surface area (Å²) in [6.45, 7) is 6.12. The first kappa shape index (κ1) is 16.6. The molecule has 0 unspecified atom stereocenters. The first-order valence-corrected chi connectivity index (χ1v) is 8.87. The molecule has 1 fully saturated rings. The van der Waals surface area contributed by atoms with Crippen LogP contribution in [0.1, 0.15) is 30.9 Å². The van der Waals surface area contributed by atoms with Gasteiger partial charge in [-0.05, 0) is 56.0 Å². The highest BCUT2D eigenvalue weighted by atomic mass is 16.1. The summed E-state index contributed by atoms with van der Waals surface area (Å²) in [5.74, 6) is 0.264. The van der Waals surface area contributed by atoms with Gasteiger partial charge in [0.2, 0.25) is 5.91 Å². The zero-order valence-electron chi connectivity index (χ0n) is 14.6. The van der Waals surface area contributed by atoms with E-state index in [9.17, 15) is 4.79 Å². The third-order valence-corrected chi connectivity index (χ3v) is 4.89. The molecule has 1 saturated heterocycles. The third-order valence-electron chi connectivity index (χ3n) is 4.89. The Balaban J connectivity index is 1.53. The number of hydrogen-bond acceptors (Lipinski definition) is 2. The molecule has 0 radical (unpaired) electrons. The van der Waals surface area contributed by atoms with Gasteiger partial charge in [0.15, 0.2) is 0 Å². The molecule has 2 aromatic rings. The molecule has 0 saturated carbocycles. The van der Waals surface area contributed by atoms with Crippen LogP contribution >= 0.6 is 0 Å². The van der Waals surface area contributed by atoms with E-state index in [1.165, 1.54) is 16.8 Å². The quantitative estimate of drug-likeness (QED) is 0.904. The molecule has 126 valence electrons. The number of carbonyl (C=O) groups excluding carboxylic acids is 1. The Kier molecular flexibility index (Phi) is 5.19. The molecule has 1 aliphatic heterocycles. The zero-order chi connectivity index (χ0) is 16.9. The van der Waals surface area contributed by atoms with Crippen molar-refractivity contribution in [2.75, 3.05) is 23.3 Å². The van der Waals surface area contributed by atoms with E-state index < -0.39 is 0 Å². The first-order valence-electron chi connectivity index (χ1n) is 8.87. The van der Waals surface area contributed by atoms with Crippen molar-refractivity contribution in [1.29, 1.82) is 0 Å². The van der Waals surface area contributed by atoms with Gasteiger partial charge in [-0.15, -0.1) is 0 Å². The highest BCUT2D eigenvalue weighted by Crippen LogP contribution is 2.24. The van der Waals surface area contributed by atoms with Gasteiger partial charge in [-0.25, -0.2) is 0 Å². The summed E-state index contributed by atoms with van der Waals surface area (Å²) in [5.41, 5.74) is 4.73. The molecule has 3 heteroatoms. The second-order valence-corrected chi connectivity index (χ2v) is 6.64. The lowest BCUT2D eigenvalue weighted by molar-refractivity contribution is -0.120. The molecule has 0 spiro atoms. The van der Waals surface area contributed by atoms with Crippen molar-refractivity contribution in [3.63, 3.8) is 0 Å². The number of anilines is 2. The zero-order valence-corrected chi connectivity index (χ0v) is 14.6. The van der Waals surface area contributed by atoms with E-state index in [0.717, 1.165) is 38.0 Å². The van der Waals surface area contributed by atoms with Crippen LogP contribution in [0.2, 0.25) is 0 Å². The average molecular weight is 322 g/mol. The van der Waals surface area contributed by atoms with E-state index in [1.54, 1.807) is 0 Å². The summed E-state index contributed by atoms with van der Waals surface area (Å²) in [6, 6.07) is 16.8. The minimum Gasteiger partial charge on any atom is -0.371 e. The standard InChI is InChI=1S/C21H26N2O/c1-3-17-6-8-19(9-7-17)22-21(24)18-12-14-23(15-13-18)20-10-4-16(2)5-11-20/h4-11,18H,3,12-15H2,1-2H3,(H,22,24). The van der Waals surface area contributed by atoms with Crippen LogP contribution in [0.25, 0.3) is 0 Å². The Morgan fingerprint density at radius 2 is 1.67 bits per heavy atom. The third kappa shape index (κ3) is 3.97. The molecule has 1 heterocycles. The van der Waals surface area contributed by atoms with Crippen LogP contribution in [0.3, 0.4) is 0 Å². The number of aryl methyl sites for hydroxylation is 2. The Morgan fingerprint density at radius 1 is 1.04 bits per heavy atom. The molecular weight excluding hydrogens is 296 g/mol. The van der Waals surface area contributed by atoms with E-state index in [4.69, 9.17) is 0 Å². The van der Waals surface area contributed by atoms with Crippen LogP contribution in [-0.4, -0.2) is 19.0 Å². The number of nitrogens with zero attached hydrogens (tertiary/aromatic N) is 1. The summed E-state index contributed by atoms with van der Waals surface area (Å²) in [4.78, 5) is 14.9. The van der Waals surface area contributed by atoms with Gasteiger partial charge in [0.05, 0.1) is 0 Å². The van der Waals surface area contributed by atoms with Gasteiger partial charge in [-0.1, -0.05) is 36.8 Å². The molecule has 3 rings (SSSR count). The number of amides is 1. The van der Waals surface area contributed by atoms with Crippen molar-refractivity contribution in [3.05, 3.63) is 59.7 Å². The Hall–Kier alpha value is -2.29. The maximum Gasteiger partial charge on any atom is 0.227 e. The minimum atomic E-state index is 0.109. The predicted octanol–water partition coefficient (Wildman–Crippen LogP) is 4.41. The molecule has 2 aromatic carbocycles. The van der Waals surface area contributed by atoms with Gasteiger partial charge in [0, 0.05) is 30.4 Å². The van der Waals surface area contributed by atoms with Gasteiger partial charge in [0.1, 0.15) is 0 Å². The van der Waals surface area contributed by atoms with E-state index in [0.29, 0.717) is 0 Å². The summed E-state index contributed by atoms with van der Waals surface area (Å²) in [7, 11) is 0. The lowest BCUT2D eigenvalue weighted by Gasteiger charge is -2.33. The van der Waals surface area contributed by atoms with E-state index in [2.05, 4.69) is 60.5 Å². The number of carbonyl (C=O) groups is 1. The maximum atomic E-state index is 12.5. The molecule has 24 heavy (non-hydrogen) atoms. The molecule has 0 atom stereocenters. The van der Waals surface area contributed by atoms with Crippen molar-refractivity contribution in [1.82, 2.24) is 0 Å². The summed E-state index contributed by atoms with van der Waals surface area (Å²) in [5, 5.41) is 3.07. The molecule has 1 amide bonds. The molecular formula is C21H26N2O. The number of hydrogen-bond donors (Lipinski definition) is 1. The first-order chi connectivity index (χ1) is 11.7. The van der Waals surface area contributed by atoms with Crippen molar-refractivity contribution in [2.24, 2.45) is 5.92 Å². The molecule has 0 aromatic heterocycles. The van der Waals surface area contributed by atoms with Crippen molar-refractivity contribution in [2.45, 2.75) is 33.1 Å². The van der Waals surface area contributed by atoms with Crippen molar-refractivity contribution in [3.8, 4) is 0 Å². The van der Waals surface area contributed by atoms with E-state index in [1.807, 2.05) is 12.1 Å². The fraction of sp³-hybridized carbons (Fsp3) is 0.381. The highest BCUT2D eigenvalue weighted by Gasteiger charge is 2.25. The lowest BCUT2D eigenvalue weighted by atomic mass is 9.95. The number of piperidine rings is 1. The second-order valence-electron chi connectivity index (χ2n) is 6.64. The molecule has 1 aliphatic rings. The molecule has 3 nitrogen and oxygen atoms in total. The Labute approximate surface area is 144 Å². The van der Waals surface area contributed by atoms with Gasteiger partial charge in [-0.2, -0.15) is 0 Å². The van der Waals surface area contributed by atoms with Crippen LogP contribution < -0.4 is 10.2 Å². The van der Waals surface area contributed by atoms with Crippen molar-refractivity contribution < 1.29 is 4.79 Å². The fourth-order valence-corrected chi connectivity index (χ4v) is 3.22. The fourth-order valence-electron chi connectivity index (χ4n) is 3.22. The van der Waals surface area contributed by atoms with Crippen LogP contribution in [0.15, 0.2) is 48.5 Å².